The summed E-state index contributed by atoms with van der Waals surface area (Å²) < 4.78 is 7.29. The van der Waals surface area contributed by atoms with Gasteiger partial charge in [-0.1, -0.05) is 6.92 Å². The van der Waals surface area contributed by atoms with Crippen molar-refractivity contribution in [1.29, 1.82) is 0 Å². The summed E-state index contributed by atoms with van der Waals surface area (Å²) >= 11 is 1.45. The Morgan fingerprint density at radius 1 is 1.42 bits per heavy atom. The fourth-order valence-corrected chi connectivity index (χ4v) is 2.44. The number of anilines is 1. The molecule has 2 rings (SSSR count). The summed E-state index contributed by atoms with van der Waals surface area (Å²) in [5.41, 5.74) is 7.46. The molecule has 0 aliphatic heterocycles. The molecule has 2 heterocycles. The van der Waals surface area contributed by atoms with Crippen molar-refractivity contribution in [1.82, 2.24) is 19.7 Å². The van der Waals surface area contributed by atoms with Crippen LogP contribution in [0, 0.1) is 6.92 Å². The number of hydrogen-bond acceptors (Lipinski definition) is 6. The van der Waals surface area contributed by atoms with Crippen molar-refractivity contribution in [2.75, 3.05) is 12.3 Å². The highest BCUT2D eigenvalue weighted by Gasteiger charge is 2.13. The van der Waals surface area contributed by atoms with Crippen LogP contribution in [0.2, 0.25) is 0 Å². The Bertz CT molecular complexity index is 569. The number of hydrogen-bond donors (Lipinski definition) is 1. The van der Waals surface area contributed by atoms with Gasteiger partial charge in [0.1, 0.15) is 22.1 Å². The molecule has 6 nitrogen and oxygen atoms in total. The van der Waals surface area contributed by atoms with Crippen LogP contribution in [-0.2, 0) is 7.05 Å². The van der Waals surface area contributed by atoms with E-state index in [0.29, 0.717) is 23.2 Å². The van der Waals surface area contributed by atoms with Crippen molar-refractivity contribution in [3.8, 4) is 5.88 Å². The minimum Gasteiger partial charge on any atom is -0.476 e. The van der Waals surface area contributed by atoms with Crippen molar-refractivity contribution in [2.45, 2.75) is 30.3 Å². The highest BCUT2D eigenvalue weighted by molar-refractivity contribution is 7.99. The second-order valence-corrected chi connectivity index (χ2v) is 5.10. The minimum absolute atomic E-state index is 0.443. The van der Waals surface area contributed by atoms with Gasteiger partial charge in [0.05, 0.1) is 12.3 Å². The molecule has 0 aliphatic rings. The average Bonchev–Trinajstić information content (AvgIpc) is 2.69. The molecule has 2 aromatic heterocycles. The van der Waals surface area contributed by atoms with Gasteiger partial charge in [-0.15, -0.1) is 0 Å². The summed E-state index contributed by atoms with van der Waals surface area (Å²) in [6, 6.07) is 1.98. The summed E-state index contributed by atoms with van der Waals surface area (Å²) in [5.74, 6) is 0.443. The van der Waals surface area contributed by atoms with E-state index >= 15 is 0 Å². The van der Waals surface area contributed by atoms with E-state index in [-0.39, 0.29) is 0 Å². The molecule has 102 valence electrons. The number of nitrogens with zero attached hydrogens (tertiary/aromatic N) is 4. The predicted molar refractivity (Wildman–Crippen MR) is 74.3 cm³/mol. The van der Waals surface area contributed by atoms with Gasteiger partial charge in [-0.05, 0) is 31.2 Å². The third-order valence-electron chi connectivity index (χ3n) is 2.41. The van der Waals surface area contributed by atoms with Gasteiger partial charge in [-0.25, -0.2) is 4.98 Å². The molecule has 0 saturated heterocycles. The first-order valence-corrected chi connectivity index (χ1v) is 6.85. The van der Waals surface area contributed by atoms with Gasteiger partial charge < -0.3 is 10.5 Å². The highest BCUT2D eigenvalue weighted by atomic mass is 32.2. The van der Waals surface area contributed by atoms with Crippen LogP contribution in [0.1, 0.15) is 19.0 Å². The first-order valence-electron chi connectivity index (χ1n) is 6.03. The first kappa shape index (κ1) is 13.7. The molecule has 0 aromatic carbocycles. The Morgan fingerprint density at radius 2 is 2.21 bits per heavy atom. The van der Waals surface area contributed by atoms with E-state index in [1.165, 1.54) is 18.1 Å². The normalized spacial score (nSPS) is 10.7. The van der Waals surface area contributed by atoms with Crippen LogP contribution in [0.3, 0.4) is 0 Å². The fraction of sp³-hybridized carbons (Fsp3) is 0.417. The molecule has 0 bridgehead atoms. The van der Waals surface area contributed by atoms with Gasteiger partial charge in [0.2, 0.25) is 5.88 Å². The van der Waals surface area contributed by atoms with Gasteiger partial charge in [0.15, 0.2) is 0 Å². The Morgan fingerprint density at radius 3 is 2.84 bits per heavy atom. The molecular formula is C12H17N5OS. The largest absolute Gasteiger partial charge is 0.476 e. The first-order chi connectivity index (χ1) is 9.11. The van der Waals surface area contributed by atoms with E-state index in [4.69, 9.17) is 10.5 Å². The Hall–Kier alpha value is -1.76. The lowest BCUT2D eigenvalue weighted by Gasteiger charge is -2.09. The molecule has 0 atom stereocenters. The third-order valence-corrected chi connectivity index (χ3v) is 3.52. The van der Waals surface area contributed by atoms with Crippen LogP contribution in [0.15, 0.2) is 22.4 Å². The molecule has 7 heteroatoms. The molecule has 0 radical (unpaired) electrons. The molecule has 2 aromatic rings. The topological polar surface area (TPSA) is 78.9 Å². The van der Waals surface area contributed by atoms with Gasteiger partial charge in [0, 0.05) is 7.05 Å². The molecule has 0 saturated carbocycles. The second-order valence-electron chi connectivity index (χ2n) is 4.10. The third kappa shape index (κ3) is 3.17. The number of aromatic nitrogens is 4. The smallest absolute Gasteiger partial charge is 0.241 e. The van der Waals surface area contributed by atoms with Gasteiger partial charge in [-0.3, -0.25) is 4.68 Å². The average molecular weight is 279 g/mol. The van der Waals surface area contributed by atoms with Crippen LogP contribution in [0.4, 0.5) is 5.69 Å². The SMILES string of the molecule is CCCOc1ncnc(Sc2cc(C)nn2C)c1N. The van der Waals surface area contributed by atoms with Crippen LogP contribution < -0.4 is 10.5 Å². The van der Waals surface area contributed by atoms with Crippen LogP contribution >= 0.6 is 11.8 Å². The maximum absolute atomic E-state index is 6.03. The van der Waals surface area contributed by atoms with E-state index < -0.39 is 0 Å². The molecule has 0 aliphatic carbocycles. The maximum Gasteiger partial charge on any atom is 0.241 e. The van der Waals surface area contributed by atoms with E-state index in [1.54, 1.807) is 4.68 Å². The van der Waals surface area contributed by atoms with Crippen LogP contribution in [0.5, 0.6) is 5.88 Å². The highest BCUT2D eigenvalue weighted by Crippen LogP contribution is 2.33. The van der Waals surface area contributed by atoms with E-state index in [2.05, 4.69) is 15.1 Å². The molecule has 0 fully saturated rings. The monoisotopic (exact) mass is 279 g/mol. The Labute approximate surface area is 116 Å². The zero-order valence-electron chi connectivity index (χ0n) is 11.3. The molecule has 0 spiro atoms. The zero-order valence-corrected chi connectivity index (χ0v) is 12.1. The van der Waals surface area contributed by atoms with E-state index in [1.807, 2.05) is 27.0 Å². The minimum atomic E-state index is 0.443. The zero-order chi connectivity index (χ0) is 13.8. The summed E-state index contributed by atoms with van der Waals surface area (Å²) in [7, 11) is 1.89. The summed E-state index contributed by atoms with van der Waals surface area (Å²) in [4.78, 5) is 8.25. The quantitative estimate of drug-likeness (QED) is 0.844. The molecule has 0 unspecified atom stereocenters. The molecular weight excluding hydrogens is 262 g/mol. The lowest BCUT2D eigenvalue weighted by molar-refractivity contribution is 0.305. The van der Waals surface area contributed by atoms with Crippen LogP contribution in [0.25, 0.3) is 0 Å². The van der Waals surface area contributed by atoms with Crippen molar-refractivity contribution in [3.05, 3.63) is 18.1 Å². The molecule has 0 amide bonds. The standard InChI is InChI=1S/C12H17N5OS/c1-4-5-18-11-10(13)12(15-7-14-11)19-9-6-8(2)16-17(9)3/h6-7H,4-5,13H2,1-3H3. The number of nitrogen functional groups attached to an aromatic ring is 1. The van der Waals surface area contributed by atoms with Crippen molar-refractivity contribution >= 4 is 17.4 Å². The van der Waals surface area contributed by atoms with Crippen molar-refractivity contribution < 1.29 is 4.74 Å². The van der Waals surface area contributed by atoms with E-state index in [9.17, 15) is 0 Å². The number of ether oxygens (including phenoxy) is 1. The van der Waals surface area contributed by atoms with Crippen LogP contribution in [-0.4, -0.2) is 26.4 Å². The van der Waals surface area contributed by atoms with E-state index in [0.717, 1.165) is 17.1 Å². The van der Waals surface area contributed by atoms with Gasteiger partial charge in [0.25, 0.3) is 0 Å². The number of rotatable bonds is 5. The molecule has 19 heavy (non-hydrogen) atoms. The van der Waals surface area contributed by atoms with Gasteiger partial charge >= 0.3 is 0 Å². The second kappa shape index (κ2) is 5.92. The summed E-state index contributed by atoms with van der Waals surface area (Å²) in [6.07, 6.45) is 2.37. The Kier molecular flexibility index (Phi) is 4.26. The summed E-state index contributed by atoms with van der Waals surface area (Å²) in [6.45, 7) is 4.57. The van der Waals surface area contributed by atoms with Crippen molar-refractivity contribution in [3.63, 3.8) is 0 Å². The van der Waals surface area contributed by atoms with Gasteiger partial charge in [-0.2, -0.15) is 10.1 Å². The fourth-order valence-electron chi connectivity index (χ4n) is 1.54. The van der Waals surface area contributed by atoms with Crippen molar-refractivity contribution in [2.24, 2.45) is 7.05 Å². The summed E-state index contributed by atoms with van der Waals surface area (Å²) in [5, 5.41) is 5.95. The lowest BCUT2D eigenvalue weighted by atomic mass is 10.5. The predicted octanol–water partition coefficient (Wildman–Crippen LogP) is 2.04. The number of aryl methyl sites for hydroxylation is 2. The Balaban J connectivity index is 2.23. The number of nitrogens with two attached hydrogens (primary N) is 1. The maximum atomic E-state index is 6.03. The molecule has 2 N–H and O–H groups in total. The lowest BCUT2D eigenvalue weighted by Crippen LogP contribution is -2.04.